The number of rotatable bonds is 7. The van der Waals surface area contributed by atoms with Crippen LogP contribution in [0, 0.1) is 23.7 Å². The van der Waals surface area contributed by atoms with Crippen molar-refractivity contribution in [1.82, 2.24) is 29.7 Å². The number of methoxy groups -OCH3 is 1. The summed E-state index contributed by atoms with van der Waals surface area (Å²) >= 11 is 0. The number of nitrogens with one attached hydrogen (secondary N) is 2. The summed E-state index contributed by atoms with van der Waals surface area (Å²) in [4.78, 5) is 15.2. The number of benzene rings is 1. The first-order valence-electron chi connectivity index (χ1n) is 18.1. The summed E-state index contributed by atoms with van der Waals surface area (Å²) in [7, 11) is -0.338. The Morgan fingerprint density at radius 3 is 2.45 bits per heavy atom. The molecule has 4 N–H and O–H groups in total. The largest absolute Gasteiger partial charge is 0.552 e. The van der Waals surface area contributed by atoms with E-state index in [4.69, 9.17) is 19.0 Å². The maximum atomic E-state index is 10.9. The van der Waals surface area contributed by atoms with Crippen LogP contribution in [-0.4, -0.2) is 82.0 Å². The van der Waals surface area contributed by atoms with Crippen LogP contribution in [0.15, 0.2) is 73.1 Å². The van der Waals surface area contributed by atoms with Gasteiger partial charge in [-0.05, 0) is 103 Å². The molecule has 13 heteroatoms. The molecule has 260 valence electrons. The number of aromatic nitrogens is 4. The highest BCUT2D eigenvalue weighted by Gasteiger charge is 2.38. The van der Waals surface area contributed by atoms with Crippen molar-refractivity contribution in [3.05, 3.63) is 89.8 Å². The molecule has 9 rings (SSSR count). The number of pyridine rings is 2. The smallest absolute Gasteiger partial charge is 0.531 e. The Hall–Kier alpha value is -4.55. The molecule has 0 radical (unpaired) electrons. The number of ether oxygens (including phenoxy) is 1. The van der Waals surface area contributed by atoms with Gasteiger partial charge in [-0.25, -0.2) is 9.97 Å². The summed E-state index contributed by atoms with van der Waals surface area (Å²) in [5, 5.41) is 27.3. The molecule has 0 amide bonds. The summed E-state index contributed by atoms with van der Waals surface area (Å²) < 4.78 is 19.5. The summed E-state index contributed by atoms with van der Waals surface area (Å²) in [6.07, 6.45) is 9.54. The van der Waals surface area contributed by atoms with Crippen molar-refractivity contribution in [2.24, 2.45) is 23.7 Å². The standard InChI is InChI=1S/C38H42B2N6O5/c1-23-9-13-45(20-24-3-5-26(49-2)6-4-24)22-32(23)31-16-40(48)51-34-19-44-38-29(36(31)34)10-14-46(38)21-25-17-41-11-7-27(25)30-15-39(47)50-33-18-43-37-28(35(30)33)8-12-42-37/h3-6,8,10,12,14-16,18-19,23,25,27,32,41,47-48H,7,9,11,13,17,20-22H2,1-2H3,(H,42,43)/t23-,25+,27+,32+/m0/s1. The van der Waals surface area contributed by atoms with Gasteiger partial charge in [-0.2, -0.15) is 0 Å². The van der Waals surface area contributed by atoms with E-state index in [1.807, 2.05) is 36.3 Å². The zero-order valence-corrected chi connectivity index (χ0v) is 29.0. The number of aromatic amines is 1. The number of allylic oxidation sites excluding steroid dienone is 1. The predicted molar refractivity (Wildman–Crippen MR) is 199 cm³/mol. The monoisotopic (exact) mass is 684 g/mol. The lowest BCUT2D eigenvalue weighted by atomic mass is 9.71. The average molecular weight is 684 g/mol. The zero-order chi connectivity index (χ0) is 34.6. The molecule has 4 aromatic heterocycles. The van der Waals surface area contributed by atoms with E-state index in [9.17, 15) is 10.0 Å². The molecule has 4 aliphatic rings. The van der Waals surface area contributed by atoms with Crippen molar-refractivity contribution in [3.63, 3.8) is 0 Å². The van der Waals surface area contributed by atoms with Crippen molar-refractivity contribution in [2.75, 3.05) is 33.3 Å². The minimum absolute atomic E-state index is 0.188. The number of likely N-dealkylation sites (tertiary alicyclic amines) is 1. The zero-order valence-electron chi connectivity index (χ0n) is 29.0. The molecule has 2 saturated heterocycles. The van der Waals surface area contributed by atoms with Crippen LogP contribution in [0.1, 0.15) is 36.5 Å². The molecule has 0 aliphatic carbocycles. The Bertz CT molecular complexity index is 2150. The van der Waals surface area contributed by atoms with Gasteiger partial charge < -0.3 is 39.0 Å². The maximum absolute atomic E-state index is 10.9. The molecule has 4 aliphatic heterocycles. The molecule has 1 aromatic carbocycles. The number of hydrogen-bond donors (Lipinski definition) is 4. The topological polar surface area (TPSA) is 130 Å². The Morgan fingerprint density at radius 1 is 0.922 bits per heavy atom. The van der Waals surface area contributed by atoms with Crippen molar-refractivity contribution in [2.45, 2.75) is 32.9 Å². The summed E-state index contributed by atoms with van der Waals surface area (Å²) in [6.45, 7) is 7.59. The SMILES string of the molecule is COc1ccc(CN2CC[C@H](C)[C@H](C3=CB(O)Oc4cnc5c(ccn5C[C@H]5CNCC[C@H]5C5=CB(O)Oc6cnc7[nH]ccc7c65)c43)C2)cc1. The summed E-state index contributed by atoms with van der Waals surface area (Å²) in [6, 6.07) is 12.5. The third-order valence-corrected chi connectivity index (χ3v) is 11.5. The maximum Gasteiger partial charge on any atom is 0.552 e. The fourth-order valence-corrected chi connectivity index (χ4v) is 8.90. The Morgan fingerprint density at radius 2 is 1.67 bits per heavy atom. The van der Waals surface area contributed by atoms with Crippen LogP contribution in [0.4, 0.5) is 0 Å². The Labute approximate surface area is 297 Å². The van der Waals surface area contributed by atoms with Crippen LogP contribution in [0.3, 0.4) is 0 Å². The van der Waals surface area contributed by atoms with Crippen LogP contribution >= 0.6 is 0 Å². The second kappa shape index (κ2) is 13.2. The minimum atomic E-state index is -1.02. The highest BCUT2D eigenvalue weighted by Crippen LogP contribution is 2.46. The lowest BCUT2D eigenvalue weighted by molar-refractivity contribution is 0.151. The molecule has 0 unspecified atom stereocenters. The molecule has 4 atom stereocenters. The van der Waals surface area contributed by atoms with Crippen molar-refractivity contribution >= 4 is 47.4 Å². The molecule has 8 heterocycles. The van der Waals surface area contributed by atoms with Gasteiger partial charge in [0, 0.05) is 60.5 Å². The van der Waals surface area contributed by atoms with E-state index in [1.54, 1.807) is 19.5 Å². The number of piperidine rings is 2. The molecular weight excluding hydrogens is 642 g/mol. The first kappa shape index (κ1) is 32.4. The van der Waals surface area contributed by atoms with Gasteiger partial charge in [-0.3, -0.25) is 4.90 Å². The van der Waals surface area contributed by atoms with Crippen LogP contribution in [0.25, 0.3) is 33.2 Å². The molecule has 0 spiro atoms. The van der Waals surface area contributed by atoms with E-state index < -0.39 is 14.2 Å². The van der Waals surface area contributed by atoms with Gasteiger partial charge in [0.25, 0.3) is 0 Å². The van der Waals surface area contributed by atoms with Crippen molar-refractivity contribution in [3.8, 4) is 17.2 Å². The fourth-order valence-electron chi connectivity index (χ4n) is 8.90. The molecule has 0 saturated carbocycles. The average Bonchev–Trinajstić information content (AvgIpc) is 3.79. The Balaban J connectivity index is 1.02. The van der Waals surface area contributed by atoms with Gasteiger partial charge in [-0.1, -0.05) is 19.1 Å². The predicted octanol–water partition coefficient (Wildman–Crippen LogP) is 4.60. The van der Waals surface area contributed by atoms with E-state index in [-0.39, 0.29) is 17.8 Å². The summed E-state index contributed by atoms with van der Waals surface area (Å²) in [5.74, 6) is 6.98. The van der Waals surface area contributed by atoms with Gasteiger partial charge in [0.15, 0.2) is 0 Å². The molecule has 51 heavy (non-hydrogen) atoms. The lowest BCUT2D eigenvalue weighted by Gasteiger charge is -2.40. The van der Waals surface area contributed by atoms with E-state index in [1.165, 1.54) is 5.56 Å². The van der Waals surface area contributed by atoms with E-state index in [0.29, 0.717) is 17.4 Å². The van der Waals surface area contributed by atoms with Gasteiger partial charge in [-0.15, -0.1) is 0 Å². The fraction of sp³-hybridized carbons (Fsp3) is 0.368. The highest BCUT2D eigenvalue weighted by atomic mass is 16.5. The summed E-state index contributed by atoms with van der Waals surface area (Å²) in [5.41, 5.74) is 7.28. The third kappa shape index (κ3) is 5.91. The van der Waals surface area contributed by atoms with Crippen LogP contribution in [0.2, 0.25) is 0 Å². The van der Waals surface area contributed by atoms with Gasteiger partial charge in [0.1, 0.15) is 28.5 Å². The van der Waals surface area contributed by atoms with Crippen molar-refractivity contribution in [1.29, 1.82) is 0 Å². The quantitative estimate of drug-likeness (QED) is 0.182. The first-order valence-corrected chi connectivity index (χ1v) is 18.1. The molecule has 0 bridgehead atoms. The van der Waals surface area contributed by atoms with E-state index in [0.717, 1.165) is 102 Å². The van der Waals surface area contributed by atoms with E-state index >= 15 is 0 Å². The van der Waals surface area contributed by atoms with Crippen LogP contribution in [0.5, 0.6) is 17.2 Å². The number of nitrogens with zero attached hydrogens (tertiary/aromatic N) is 4. The van der Waals surface area contributed by atoms with Gasteiger partial charge in [0.2, 0.25) is 0 Å². The van der Waals surface area contributed by atoms with Crippen LogP contribution in [-0.2, 0) is 13.1 Å². The van der Waals surface area contributed by atoms with Crippen molar-refractivity contribution < 1.29 is 24.1 Å². The number of hydrogen-bond acceptors (Lipinski definition) is 9. The second-order valence-corrected chi connectivity index (χ2v) is 14.5. The van der Waals surface area contributed by atoms with Crippen LogP contribution < -0.4 is 19.4 Å². The minimum Gasteiger partial charge on any atom is -0.531 e. The number of H-pyrrole nitrogens is 1. The first-order chi connectivity index (χ1) is 24.9. The van der Waals surface area contributed by atoms with E-state index in [2.05, 4.69) is 56.1 Å². The molecule has 5 aromatic rings. The second-order valence-electron chi connectivity index (χ2n) is 14.5. The number of fused-ring (bicyclic) bond motifs is 6. The van der Waals surface area contributed by atoms with Gasteiger partial charge in [0.05, 0.1) is 19.5 Å². The highest BCUT2D eigenvalue weighted by molar-refractivity contribution is 6.53. The van der Waals surface area contributed by atoms with Gasteiger partial charge >= 0.3 is 14.2 Å². The Kier molecular flexibility index (Phi) is 8.38. The third-order valence-electron chi connectivity index (χ3n) is 11.5. The molecule has 11 nitrogen and oxygen atoms in total. The molecular formula is C38H42B2N6O5. The molecule has 2 fully saturated rings. The normalized spacial score (nSPS) is 23.7. The lowest BCUT2D eigenvalue weighted by Crippen LogP contribution is -2.41.